The van der Waals surface area contributed by atoms with Crippen LogP contribution in [0.5, 0.6) is 0 Å². The zero-order valence-electron chi connectivity index (χ0n) is 16.7. The predicted octanol–water partition coefficient (Wildman–Crippen LogP) is 2.04. The Morgan fingerprint density at radius 2 is 1.67 bits per heavy atom. The van der Waals surface area contributed by atoms with Crippen LogP contribution in [0, 0.1) is 0 Å². The van der Waals surface area contributed by atoms with E-state index in [4.69, 9.17) is 15.2 Å². The van der Waals surface area contributed by atoms with Crippen LogP contribution >= 0.6 is 0 Å². The van der Waals surface area contributed by atoms with E-state index in [1.807, 2.05) is 48.5 Å². The zero-order valence-corrected chi connectivity index (χ0v) is 17.5. The Hall–Kier alpha value is -2.75. The minimum Gasteiger partial charge on any atom is -0.392 e. The summed E-state index contributed by atoms with van der Waals surface area (Å²) in [7, 11) is -3.81. The van der Waals surface area contributed by atoms with Gasteiger partial charge in [0.25, 0.3) is 5.91 Å². The SMILES string of the molecule is C[C@@](C[C@H]1CC(c2ccc(-c3ccc(CO)cc3)cc2)=NO1)(C(=O)NO)S(C)(=O)=O. The van der Waals surface area contributed by atoms with Crippen LogP contribution in [0.3, 0.4) is 0 Å². The molecular formula is C21H24N2O6S. The van der Waals surface area contributed by atoms with Crippen molar-refractivity contribution in [3.63, 3.8) is 0 Å². The number of nitrogens with one attached hydrogen (secondary N) is 1. The van der Waals surface area contributed by atoms with Gasteiger partial charge in [-0.15, -0.1) is 0 Å². The van der Waals surface area contributed by atoms with Crippen LogP contribution in [0.25, 0.3) is 11.1 Å². The highest BCUT2D eigenvalue weighted by atomic mass is 32.2. The second-order valence-electron chi connectivity index (χ2n) is 7.55. The van der Waals surface area contributed by atoms with Crippen molar-refractivity contribution in [2.45, 2.75) is 37.2 Å². The van der Waals surface area contributed by atoms with Gasteiger partial charge in [0, 0.05) is 19.1 Å². The van der Waals surface area contributed by atoms with E-state index in [-0.39, 0.29) is 13.0 Å². The number of hydrogen-bond acceptors (Lipinski definition) is 7. The van der Waals surface area contributed by atoms with Crippen molar-refractivity contribution in [3.05, 3.63) is 59.7 Å². The van der Waals surface area contributed by atoms with Crippen LogP contribution in [-0.2, 0) is 26.1 Å². The lowest BCUT2D eigenvalue weighted by Crippen LogP contribution is -2.51. The Morgan fingerprint density at radius 3 is 2.17 bits per heavy atom. The summed E-state index contributed by atoms with van der Waals surface area (Å²) in [6, 6.07) is 15.3. The molecule has 9 heteroatoms. The summed E-state index contributed by atoms with van der Waals surface area (Å²) in [6.45, 7) is 1.25. The van der Waals surface area contributed by atoms with Gasteiger partial charge in [-0.25, -0.2) is 13.9 Å². The van der Waals surface area contributed by atoms with Crippen molar-refractivity contribution >= 4 is 21.5 Å². The lowest BCUT2D eigenvalue weighted by atomic mass is 9.95. The second kappa shape index (κ2) is 8.55. The van der Waals surface area contributed by atoms with E-state index >= 15 is 0 Å². The molecule has 160 valence electrons. The zero-order chi connectivity index (χ0) is 21.9. The number of oxime groups is 1. The molecule has 0 aliphatic carbocycles. The summed E-state index contributed by atoms with van der Waals surface area (Å²) in [4.78, 5) is 17.4. The van der Waals surface area contributed by atoms with Crippen LogP contribution in [0.2, 0.25) is 0 Å². The first-order valence-electron chi connectivity index (χ1n) is 9.35. The smallest absolute Gasteiger partial charge is 0.264 e. The molecule has 3 rings (SSSR count). The molecule has 0 saturated carbocycles. The number of carbonyl (C=O) groups excluding carboxylic acids is 1. The maximum Gasteiger partial charge on any atom is 0.264 e. The average Bonchev–Trinajstić information content (AvgIpc) is 3.20. The van der Waals surface area contributed by atoms with E-state index in [1.54, 1.807) is 0 Å². The molecule has 0 spiro atoms. The average molecular weight is 432 g/mol. The summed E-state index contributed by atoms with van der Waals surface area (Å²) in [5.74, 6) is -1.00. The Balaban J connectivity index is 1.71. The largest absolute Gasteiger partial charge is 0.392 e. The number of amides is 1. The maximum atomic E-state index is 12.1. The quantitative estimate of drug-likeness (QED) is 0.454. The van der Waals surface area contributed by atoms with Crippen molar-refractivity contribution in [1.82, 2.24) is 5.48 Å². The number of benzene rings is 2. The molecule has 1 aliphatic heterocycles. The number of hydroxylamine groups is 1. The van der Waals surface area contributed by atoms with Gasteiger partial charge >= 0.3 is 0 Å². The van der Waals surface area contributed by atoms with Crippen molar-refractivity contribution in [3.8, 4) is 11.1 Å². The first-order valence-corrected chi connectivity index (χ1v) is 11.2. The number of carbonyl (C=O) groups is 1. The van der Waals surface area contributed by atoms with E-state index in [0.717, 1.165) is 28.5 Å². The highest BCUT2D eigenvalue weighted by Crippen LogP contribution is 2.30. The van der Waals surface area contributed by atoms with Crippen molar-refractivity contribution in [2.24, 2.45) is 5.16 Å². The molecular weight excluding hydrogens is 408 g/mol. The molecule has 1 amide bonds. The first kappa shape index (κ1) is 21.9. The van der Waals surface area contributed by atoms with Crippen LogP contribution < -0.4 is 5.48 Å². The minimum atomic E-state index is -3.81. The molecule has 2 aromatic rings. The molecule has 0 saturated heterocycles. The molecule has 3 N–H and O–H groups in total. The fourth-order valence-corrected chi connectivity index (χ4v) is 4.20. The van der Waals surface area contributed by atoms with Crippen molar-refractivity contribution < 1.29 is 28.4 Å². The molecule has 30 heavy (non-hydrogen) atoms. The summed E-state index contributed by atoms with van der Waals surface area (Å²) < 4.78 is 22.4. The molecule has 1 heterocycles. The van der Waals surface area contributed by atoms with E-state index in [1.165, 1.54) is 12.4 Å². The van der Waals surface area contributed by atoms with Gasteiger partial charge in [0.15, 0.2) is 14.6 Å². The monoisotopic (exact) mass is 432 g/mol. The van der Waals surface area contributed by atoms with Crippen LogP contribution in [-0.4, -0.2) is 47.5 Å². The lowest BCUT2D eigenvalue weighted by molar-refractivity contribution is -0.132. The molecule has 0 radical (unpaired) electrons. The Bertz CT molecular complexity index is 1050. The molecule has 0 bridgehead atoms. The lowest BCUT2D eigenvalue weighted by Gasteiger charge is -2.26. The number of aliphatic hydroxyl groups excluding tert-OH is 1. The molecule has 0 unspecified atom stereocenters. The number of hydrogen-bond donors (Lipinski definition) is 3. The van der Waals surface area contributed by atoms with Gasteiger partial charge in [-0.05, 0) is 29.2 Å². The maximum absolute atomic E-state index is 12.1. The van der Waals surface area contributed by atoms with Gasteiger partial charge in [0.05, 0.1) is 12.3 Å². The van der Waals surface area contributed by atoms with E-state index in [9.17, 15) is 13.2 Å². The summed E-state index contributed by atoms with van der Waals surface area (Å²) in [5, 5.41) is 22.1. The van der Waals surface area contributed by atoms with Gasteiger partial charge in [0.1, 0.15) is 6.10 Å². The molecule has 2 aromatic carbocycles. The van der Waals surface area contributed by atoms with Gasteiger partial charge in [-0.3, -0.25) is 10.0 Å². The summed E-state index contributed by atoms with van der Waals surface area (Å²) in [5.41, 5.74) is 5.78. The van der Waals surface area contributed by atoms with Crippen LogP contribution in [0.15, 0.2) is 53.7 Å². The highest BCUT2D eigenvalue weighted by molar-refractivity contribution is 7.92. The number of aliphatic hydroxyl groups is 1. The Kier molecular flexibility index (Phi) is 6.25. The van der Waals surface area contributed by atoms with Gasteiger partial charge in [-0.2, -0.15) is 0 Å². The third-order valence-electron chi connectivity index (χ3n) is 5.44. The van der Waals surface area contributed by atoms with Crippen LogP contribution in [0.1, 0.15) is 30.9 Å². The normalized spacial score (nSPS) is 18.3. The van der Waals surface area contributed by atoms with E-state index in [0.29, 0.717) is 12.1 Å². The number of rotatable bonds is 7. The number of nitrogens with zero attached hydrogens (tertiary/aromatic N) is 1. The molecule has 8 nitrogen and oxygen atoms in total. The van der Waals surface area contributed by atoms with Crippen LogP contribution in [0.4, 0.5) is 0 Å². The standard InChI is InChI=1S/C21H24N2O6S/c1-21(20(25)22-26,30(2,27)28)12-18-11-19(23-29-18)17-9-7-16(8-10-17)15-5-3-14(13-24)4-6-15/h3-10,18,24,26H,11-13H2,1-2H3,(H,22,25)/t18-,21-/m1/s1. The fourth-order valence-electron chi connectivity index (χ4n) is 3.33. The Labute approximate surface area is 175 Å². The minimum absolute atomic E-state index is 0.00144. The van der Waals surface area contributed by atoms with E-state index < -0.39 is 26.6 Å². The fraction of sp³-hybridized carbons (Fsp3) is 0.333. The van der Waals surface area contributed by atoms with E-state index in [2.05, 4.69) is 5.16 Å². The predicted molar refractivity (Wildman–Crippen MR) is 112 cm³/mol. The van der Waals surface area contributed by atoms with Crippen molar-refractivity contribution in [1.29, 1.82) is 0 Å². The van der Waals surface area contributed by atoms with Crippen molar-refractivity contribution in [2.75, 3.05) is 6.26 Å². The molecule has 2 atom stereocenters. The topological polar surface area (TPSA) is 125 Å². The third kappa shape index (κ3) is 4.38. The molecule has 0 aromatic heterocycles. The Morgan fingerprint density at radius 1 is 1.13 bits per heavy atom. The second-order valence-corrected chi connectivity index (χ2v) is 10.00. The molecule has 1 aliphatic rings. The number of sulfone groups is 1. The highest BCUT2D eigenvalue weighted by Gasteiger charge is 2.47. The van der Waals surface area contributed by atoms with Gasteiger partial charge in [0.2, 0.25) is 0 Å². The summed E-state index contributed by atoms with van der Waals surface area (Å²) in [6.07, 6.45) is 0.544. The van der Waals surface area contributed by atoms with Gasteiger partial charge < -0.3 is 9.94 Å². The molecule has 0 fully saturated rings. The van der Waals surface area contributed by atoms with Gasteiger partial charge in [-0.1, -0.05) is 53.7 Å². The summed E-state index contributed by atoms with van der Waals surface area (Å²) >= 11 is 0. The third-order valence-corrected chi connectivity index (χ3v) is 7.43. The first-order chi connectivity index (χ1) is 14.2.